The number of hydrogen-bond donors (Lipinski definition) is 1. The van der Waals surface area contributed by atoms with Crippen molar-refractivity contribution in [1.82, 2.24) is 10.3 Å². The van der Waals surface area contributed by atoms with Gasteiger partial charge in [0.05, 0.1) is 5.56 Å². The number of carbonyl (C=O) groups excluding carboxylic acids is 1. The minimum Gasteiger partial charge on any atom is -0.435 e. The minimum atomic E-state index is -2.83. The van der Waals surface area contributed by atoms with Crippen LogP contribution in [0, 0.1) is 6.92 Å². The van der Waals surface area contributed by atoms with E-state index in [1.165, 1.54) is 18.3 Å². The van der Waals surface area contributed by atoms with Crippen molar-refractivity contribution >= 4 is 5.91 Å². The molecule has 0 spiro atoms. The first-order valence-electron chi connectivity index (χ1n) is 6.79. The number of benzene rings is 1. The highest BCUT2D eigenvalue weighted by Crippen LogP contribution is 2.15. The summed E-state index contributed by atoms with van der Waals surface area (Å²) in [6, 6.07) is 9.83. The fraction of sp³-hybridized carbons (Fsp3) is 0.250. The van der Waals surface area contributed by atoms with Crippen LogP contribution in [0.4, 0.5) is 8.78 Å². The summed E-state index contributed by atoms with van der Waals surface area (Å²) < 4.78 is 28.3. The zero-order valence-corrected chi connectivity index (χ0v) is 12.1. The molecule has 0 aliphatic carbocycles. The van der Waals surface area contributed by atoms with E-state index in [9.17, 15) is 13.6 Å². The van der Waals surface area contributed by atoms with Crippen LogP contribution in [-0.2, 0) is 6.42 Å². The number of alkyl halides is 2. The van der Waals surface area contributed by atoms with Gasteiger partial charge in [-0.05, 0) is 43.2 Å². The molecule has 1 heterocycles. The van der Waals surface area contributed by atoms with Crippen molar-refractivity contribution in [2.45, 2.75) is 20.0 Å². The second-order valence-electron chi connectivity index (χ2n) is 4.72. The van der Waals surface area contributed by atoms with Crippen LogP contribution < -0.4 is 10.1 Å². The predicted molar refractivity (Wildman–Crippen MR) is 78.1 cm³/mol. The smallest absolute Gasteiger partial charge is 0.387 e. The van der Waals surface area contributed by atoms with Crippen LogP contribution in [0.1, 0.15) is 21.6 Å². The number of ether oxygens (including phenoxy) is 1. The van der Waals surface area contributed by atoms with E-state index in [1.807, 2.05) is 6.92 Å². The average molecular weight is 306 g/mol. The van der Waals surface area contributed by atoms with Gasteiger partial charge >= 0.3 is 6.61 Å². The molecule has 0 radical (unpaired) electrons. The van der Waals surface area contributed by atoms with Gasteiger partial charge in [0.2, 0.25) is 0 Å². The van der Waals surface area contributed by atoms with Gasteiger partial charge in [0.25, 0.3) is 5.91 Å². The van der Waals surface area contributed by atoms with Gasteiger partial charge in [0, 0.05) is 18.4 Å². The van der Waals surface area contributed by atoms with Gasteiger partial charge in [-0.2, -0.15) is 8.78 Å². The molecule has 0 saturated heterocycles. The highest BCUT2D eigenvalue weighted by Gasteiger charge is 2.06. The number of hydrogen-bond acceptors (Lipinski definition) is 3. The summed E-state index contributed by atoms with van der Waals surface area (Å²) in [5.74, 6) is -0.0707. The van der Waals surface area contributed by atoms with Crippen molar-refractivity contribution in [2.24, 2.45) is 0 Å². The molecule has 0 saturated carbocycles. The van der Waals surface area contributed by atoms with Gasteiger partial charge in [-0.25, -0.2) is 0 Å². The van der Waals surface area contributed by atoms with Crippen molar-refractivity contribution in [3.8, 4) is 5.75 Å². The molecular formula is C16H16F2N2O2. The predicted octanol–water partition coefficient (Wildman–Crippen LogP) is 2.96. The summed E-state index contributed by atoms with van der Waals surface area (Å²) in [6.07, 6.45) is 2.13. The Labute approximate surface area is 127 Å². The Morgan fingerprint density at radius 1 is 1.23 bits per heavy atom. The molecule has 116 valence electrons. The first-order chi connectivity index (χ1) is 10.5. The largest absolute Gasteiger partial charge is 0.435 e. The fourth-order valence-corrected chi connectivity index (χ4v) is 1.86. The Balaban J connectivity index is 1.80. The molecule has 1 aromatic heterocycles. The lowest BCUT2D eigenvalue weighted by Gasteiger charge is -2.07. The van der Waals surface area contributed by atoms with Gasteiger partial charge in [-0.15, -0.1) is 0 Å². The van der Waals surface area contributed by atoms with Gasteiger partial charge in [-0.3, -0.25) is 9.78 Å². The Morgan fingerprint density at radius 3 is 2.55 bits per heavy atom. The van der Waals surface area contributed by atoms with E-state index < -0.39 is 6.61 Å². The molecule has 22 heavy (non-hydrogen) atoms. The highest BCUT2D eigenvalue weighted by atomic mass is 19.3. The number of aromatic nitrogens is 1. The van der Waals surface area contributed by atoms with Crippen LogP contribution in [0.2, 0.25) is 0 Å². The number of amides is 1. The van der Waals surface area contributed by atoms with Crippen LogP contribution in [0.15, 0.2) is 42.6 Å². The lowest BCUT2D eigenvalue weighted by atomic mass is 10.1. The van der Waals surface area contributed by atoms with Crippen molar-refractivity contribution in [3.05, 3.63) is 59.4 Å². The van der Waals surface area contributed by atoms with E-state index in [0.717, 1.165) is 11.3 Å². The number of halogens is 2. The standard InChI is InChI=1S/C16H16F2N2O2/c1-11-2-5-13(10-20-11)15(21)19-9-8-12-3-6-14(7-4-12)22-16(17)18/h2-7,10,16H,8-9H2,1H3,(H,19,21). The highest BCUT2D eigenvalue weighted by molar-refractivity contribution is 5.93. The molecule has 1 amide bonds. The maximum Gasteiger partial charge on any atom is 0.387 e. The third kappa shape index (κ3) is 4.80. The average Bonchev–Trinajstić information content (AvgIpc) is 2.49. The Kier molecular flexibility index (Phi) is 5.41. The van der Waals surface area contributed by atoms with Crippen LogP contribution in [0.25, 0.3) is 0 Å². The molecule has 6 heteroatoms. The lowest BCUT2D eigenvalue weighted by Crippen LogP contribution is -2.25. The van der Waals surface area contributed by atoms with Crippen molar-refractivity contribution < 1.29 is 18.3 Å². The quantitative estimate of drug-likeness (QED) is 0.892. The van der Waals surface area contributed by atoms with Gasteiger partial charge in [-0.1, -0.05) is 12.1 Å². The summed E-state index contributed by atoms with van der Waals surface area (Å²) in [6.45, 7) is -0.529. The molecule has 1 N–H and O–H groups in total. The number of nitrogens with zero attached hydrogens (tertiary/aromatic N) is 1. The second kappa shape index (κ2) is 7.49. The van der Waals surface area contributed by atoms with Crippen molar-refractivity contribution in [3.63, 3.8) is 0 Å². The Morgan fingerprint density at radius 2 is 1.95 bits per heavy atom. The SMILES string of the molecule is Cc1ccc(C(=O)NCCc2ccc(OC(F)F)cc2)cn1. The van der Waals surface area contributed by atoms with E-state index in [2.05, 4.69) is 15.0 Å². The van der Waals surface area contributed by atoms with Crippen molar-refractivity contribution in [2.75, 3.05) is 6.54 Å². The molecule has 0 unspecified atom stereocenters. The summed E-state index contributed by atoms with van der Waals surface area (Å²) >= 11 is 0. The molecule has 1 aromatic carbocycles. The molecule has 4 nitrogen and oxygen atoms in total. The molecular weight excluding hydrogens is 290 g/mol. The third-order valence-corrected chi connectivity index (χ3v) is 3.02. The van der Waals surface area contributed by atoms with E-state index in [0.29, 0.717) is 18.5 Å². The maximum absolute atomic E-state index is 12.0. The van der Waals surface area contributed by atoms with Gasteiger partial charge < -0.3 is 10.1 Å². The summed E-state index contributed by atoms with van der Waals surface area (Å²) in [7, 11) is 0. The van der Waals surface area contributed by atoms with Gasteiger partial charge in [0.15, 0.2) is 0 Å². The summed E-state index contributed by atoms with van der Waals surface area (Å²) in [4.78, 5) is 15.9. The zero-order valence-electron chi connectivity index (χ0n) is 12.1. The number of carbonyl (C=O) groups is 1. The van der Waals surface area contributed by atoms with Crippen LogP contribution >= 0.6 is 0 Å². The summed E-state index contributed by atoms with van der Waals surface area (Å²) in [5, 5.41) is 2.78. The molecule has 0 atom stereocenters. The Hall–Kier alpha value is -2.50. The third-order valence-electron chi connectivity index (χ3n) is 3.02. The van der Waals surface area contributed by atoms with E-state index >= 15 is 0 Å². The fourth-order valence-electron chi connectivity index (χ4n) is 1.86. The molecule has 2 rings (SSSR count). The number of aryl methyl sites for hydroxylation is 1. The normalized spacial score (nSPS) is 10.5. The molecule has 0 bridgehead atoms. The van der Waals surface area contributed by atoms with E-state index in [4.69, 9.17) is 0 Å². The van der Waals surface area contributed by atoms with Crippen LogP contribution in [0.5, 0.6) is 5.75 Å². The second-order valence-corrected chi connectivity index (χ2v) is 4.72. The minimum absolute atomic E-state index is 0.119. The zero-order chi connectivity index (χ0) is 15.9. The molecule has 0 fully saturated rings. The van der Waals surface area contributed by atoms with Gasteiger partial charge in [0.1, 0.15) is 5.75 Å². The van der Waals surface area contributed by atoms with E-state index in [1.54, 1.807) is 24.3 Å². The first-order valence-corrected chi connectivity index (χ1v) is 6.79. The van der Waals surface area contributed by atoms with E-state index in [-0.39, 0.29) is 11.7 Å². The monoisotopic (exact) mass is 306 g/mol. The lowest BCUT2D eigenvalue weighted by molar-refractivity contribution is -0.0498. The maximum atomic E-state index is 12.0. The van der Waals surface area contributed by atoms with Crippen LogP contribution in [-0.4, -0.2) is 24.0 Å². The van der Waals surface area contributed by atoms with Crippen molar-refractivity contribution in [1.29, 1.82) is 0 Å². The molecule has 2 aromatic rings. The number of nitrogens with one attached hydrogen (secondary N) is 1. The molecule has 0 aliphatic rings. The topological polar surface area (TPSA) is 51.2 Å². The Bertz CT molecular complexity index is 613. The first kappa shape index (κ1) is 15.9. The number of pyridine rings is 1. The molecule has 0 aliphatic heterocycles. The number of rotatable bonds is 6. The summed E-state index contributed by atoms with van der Waals surface area (Å²) in [5.41, 5.74) is 2.28. The van der Waals surface area contributed by atoms with Crippen LogP contribution in [0.3, 0.4) is 0 Å².